The van der Waals surface area contributed by atoms with E-state index < -0.39 is 11.7 Å². The van der Waals surface area contributed by atoms with Crippen LogP contribution in [0, 0.1) is 19.8 Å². The molecule has 6 heteroatoms. The second kappa shape index (κ2) is 7.48. The third-order valence-electron chi connectivity index (χ3n) is 6.83. The van der Waals surface area contributed by atoms with Crippen molar-refractivity contribution in [2.75, 3.05) is 13.1 Å². The molecule has 3 atom stereocenters. The fourth-order valence-electron chi connectivity index (χ4n) is 4.78. The number of hydrogen-bond donors (Lipinski definition) is 1. The van der Waals surface area contributed by atoms with Crippen LogP contribution in [0.4, 0.5) is 0 Å². The van der Waals surface area contributed by atoms with Crippen molar-refractivity contribution < 1.29 is 19.1 Å². The smallest absolute Gasteiger partial charge is 0.339 e. The van der Waals surface area contributed by atoms with Gasteiger partial charge in [0.1, 0.15) is 11.3 Å². The zero-order chi connectivity index (χ0) is 20.8. The van der Waals surface area contributed by atoms with Gasteiger partial charge in [0.25, 0.3) is 5.91 Å². The SMILES string of the molecule is Cc1c(C)c2ccc(O[C@H](C)C(=O)N3CC[C@]4(O)CCCC[C@H]4C3)cc2oc1=O. The van der Waals surface area contributed by atoms with Crippen LogP contribution in [0.2, 0.25) is 0 Å². The van der Waals surface area contributed by atoms with Crippen LogP contribution in [-0.4, -0.2) is 40.7 Å². The number of carbonyl (C=O) groups excluding carboxylic acids is 1. The minimum absolute atomic E-state index is 0.0701. The third-order valence-corrected chi connectivity index (χ3v) is 6.83. The number of aliphatic hydroxyl groups is 1. The lowest BCUT2D eigenvalue weighted by atomic mass is 9.71. The van der Waals surface area contributed by atoms with Gasteiger partial charge < -0.3 is 19.2 Å². The molecule has 1 amide bonds. The van der Waals surface area contributed by atoms with Gasteiger partial charge in [0.15, 0.2) is 6.10 Å². The second-order valence-electron chi connectivity index (χ2n) is 8.64. The Labute approximate surface area is 170 Å². The molecule has 1 saturated heterocycles. The third kappa shape index (κ3) is 3.66. The fourth-order valence-corrected chi connectivity index (χ4v) is 4.78. The molecule has 156 valence electrons. The van der Waals surface area contributed by atoms with Crippen LogP contribution in [0.3, 0.4) is 0 Å². The molecule has 0 bridgehead atoms. The number of aryl methyl sites for hydroxylation is 1. The van der Waals surface area contributed by atoms with Gasteiger partial charge in [-0.3, -0.25) is 4.79 Å². The van der Waals surface area contributed by atoms with Crippen molar-refractivity contribution in [2.24, 2.45) is 5.92 Å². The zero-order valence-corrected chi connectivity index (χ0v) is 17.4. The highest BCUT2D eigenvalue weighted by Crippen LogP contribution is 2.40. The van der Waals surface area contributed by atoms with Gasteiger partial charge in [-0.1, -0.05) is 12.8 Å². The van der Waals surface area contributed by atoms with Crippen LogP contribution in [0.1, 0.15) is 50.2 Å². The molecule has 29 heavy (non-hydrogen) atoms. The lowest BCUT2D eigenvalue weighted by Crippen LogP contribution is -2.56. The van der Waals surface area contributed by atoms with Crippen molar-refractivity contribution in [3.8, 4) is 5.75 Å². The monoisotopic (exact) mass is 399 g/mol. The largest absolute Gasteiger partial charge is 0.481 e. The summed E-state index contributed by atoms with van der Waals surface area (Å²) < 4.78 is 11.3. The Morgan fingerprint density at radius 1 is 1.28 bits per heavy atom. The van der Waals surface area contributed by atoms with E-state index in [-0.39, 0.29) is 17.5 Å². The molecule has 2 heterocycles. The molecule has 1 aliphatic carbocycles. The average molecular weight is 399 g/mol. The molecule has 0 radical (unpaired) electrons. The molecule has 1 saturated carbocycles. The predicted octanol–water partition coefficient (Wildman–Crippen LogP) is 3.33. The van der Waals surface area contributed by atoms with Gasteiger partial charge in [0.05, 0.1) is 5.60 Å². The van der Waals surface area contributed by atoms with E-state index in [4.69, 9.17) is 9.15 Å². The molecule has 0 spiro atoms. The maximum atomic E-state index is 12.9. The first-order chi connectivity index (χ1) is 13.8. The first kappa shape index (κ1) is 20.0. The molecule has 1 aromatic carbocycles. The molecule has 2 aliphatic rings. The number of amides is 1. The summed E-state index contributed by atoms with van der Waals surface area (Å²) in [5, 5.41) is 11.7. The number of rotatable bonds is 3. The van der Waals surface area contributed by atoms with E-state index in [2.05, 4.69) is 0 Å². The first-order valence-corrected chi connectivity index (χ1v) is 10.5. The quantitative estimate of drug-likeness (QED) is 0.801. The number of benzene rings is 1. The van der Waals surface area contributed by atoms with Gasteiger partial charge >= 0.3 is 5.63 Å². The molecular formula is C23H29NO5. The van der Waals surface area contributed by atoms with Crippen molar-refractivity contribution >= 4 is 16.9 Å². The predicted molar refractivity (Wildman–Crippen MR) is 110 cm³/mol. The first-order valence-electron chi connectivity index (χ1n) is 10.5. The zero-order valence-electron chi connectivity index (χ0n) is 17.4. The van der Waals surface area contributed by atoms with E-state index in [0.717, 1.165) is 36.6 Å². The Hall–Kier alpha value is -2.34. The number of piperidine rings is 1. The Morgan fingerprint density at radius 2 is 2.07 bits per heavy atom. The van der Waals surface area contributed by atoms with E-state index in [9.17, 15) is 14.7 Å². The van der Waals surface area contributed by atoms with Gasteiger partial charge in [0.2, 0.25) is 0 Å². The summed E-state index contributed by atoms with van der Waals surface area (Å²) in [6.45, 7) is 6.53. The van der Waals surface area contributed by atoms with Gasteiger partial charge in [0, 0.05) is 36.0 Å². The standard InChI is InChI=1S/C23H29NO5/c1-14-15(2)22(26)29-20-12-18(7-8-19(14)20)28-16(3)21(25)24-11-10-23(27)9-5-4-6-17(23)13-24/h7-8,12,16-17,27H,4-6,9-11,13H2,1-3H3/t16-,17+,23-/m1/s1. The molecule has 6 nitrogen and oxygen atoms in total. The minimum Gasteiger partial charge on any atom is -0.481 e. The number of hydrogen-bond acceptors (Lipinski definition) is 5. The highest BCUT2D eigenvalue weighted by atomic mass is 16.5. The summed E-state index contributed by atoms with van der Waals surface area (Å²) in [7, 11) is 0. The molecular weight excluding hydrogens is 370 g/mol. The number of likely N-dealkylation sites (tertiary alicyclic amines) is 1. The van der Waals surface area contributed by atoms with Gasteiger partial charge in [-0.05, 0) is 57.7 Å². The van der Waals surface area contributed by atoms with Crippen molar-refractivity contribution in [3.63, 3.8) is 0 Å². The summed E-state index contributed by atoms with van der Waals surface area (Å²) in [4.78, 5) is 26.7. The maximum absolute atomic E-state index is 12.9. The van der Waals surface area contributed by atoms with Crippen LogP contribution >= 0.6 is 0 Å². The Kier molecular flexibility index (Phi) is 5.15. The number of ether oxygens (including phenoxy) is 1. The molecule has 1 N–H and O–H groups in total. The Balaban J connectivity index is 1.47. The second-order valence-corrected chi connectivity index (χ2v) is 8.64. The van der Waals surface area contributed by atoms with Crippen molar-refractivity contribution in [2.45, 2.75) is 64.6 Å². The topological polar surface area (TPSA) is 80.0 Å². The molecule has 0 unspecified atom stereocenters. The normalized spacial score (nSPS) is 25.5. The lowest BCUT2D eigenvalue weighted by Gasteiger charge is -2.47. The Bertz CT molecular complexity index is 997. The number of carbonyl (C=O) groups is 1. The molecule has 1 aliphatic heterocycles. The van der Waals surface area contributed by atoms with Crippen LogP contribution in [0.5, 0.6) is 5.75 Å². The van der Waals surface area contributed by atoms with Crippen molar-refractivity contribution in [1.29, 1.82) is 0 Å². The highest BCUT2D eigenvalue weighted by Gasteiger charge is 2.44. The average Bonchev–Trinajstić information content (AvgIpc) is 2.70. The maximum Gasteiger partial charge on any atom is 0.339 e. The summed E-state index contributed by atoms with van der Waals surface area (Å²) in [6.07, 6.45) is 3.97. The minimum atomic E-state index is -0.652. The van der Waals surface area contributed by atoms with Crippen molar-refractivity contribution in [3.05, 3.63) is 39.7 Å². The molecule has 2 fully saturated rings. The lowest BCUT2D eigenvalue weighted by molar-refractivity contribution is -0.149. The van der Waals surface area contributed by atoms with Crippen LogP contribution in [0.25, 0.3) is 11.0 Å². The van der Waals surface area contributed by atoms with Gasteiger partial charge in [-0.2, -0.15) is 0 Å². The van der Waals surface area contributed by atoms with Crippen LogP contribution in [0.15, 0.2) is 27.4 Å². The van der Waals surface area contributed by atoms with Crippen LogP contribution < -0.4 is 10.4 Å². The molecule has 4 rings (SSSR count). The summed E-state index contributed by atoms with van der Waals surface area (Å²) in [6, 6.07) is 5.33. The summed E-state index contributed by atoms with van der Waals surface area (Å²) in [5.74, 6) is 0.581. The fraction of sp³-hybridized carbons (Fsp3) is 0.565. The van der Waals surface area contributed by atoms with E-state index in [1.165, 1.54) is 0 Å². The van der Waals surface area contributed by atoms with E-state index >= 15 is 0 Å². The Morgan fingerprint density at radius 3 is 2.86 bits per heavy atom. The number of fused-ring (bicyclic) bond motifs is 2. The van der Waals surface area contributed by atoms with E-state index in [0.29, 0.717) is 36.4 Å². The van der Waals surface area contributed by atoms with Crippen molar-refractivity contribution in [1.82, 2.24) is 4.90 Å². The van der Waals surface area contributed by atoms with E-state index in [1.807, 2.05) is 17.9 Å². The van der Waals surface area contributed by atoms with Gasteiger partial charge in [-0.25, -0.2) is 4.79 Å². The van der Waals surface area contributed by atoms with Gasteiger partial charge in [-0.15, -0.1) is 0 Å². The summed E-state index contributed by atoms with van der Waals surface area (Å²) >= 11 is 0. The van der Waals surface area contributed by atoms with Crippen LogP contribution in [-0.2, 0) is 4.79 Å². The molecule has 2 aromatic rings. The number of nitrogens with zero attached hydrogens (tertiary/aromatic N) is 1. The molecule has 1 aromatic heterocycles. The highest BCUT2D eigenvalue weighted by molar-refractivity contribution is 5.83. The summed E-state index contributed by atoms with van der Waals surface area (Å²) in [5.41, 5.74) is 0.984. The van der Waals surface area contributed by atoms with E-state index in [1.54, 1.807) is 26.0 Å².